The van der Waals surface area contributed by atoms with Crippen molar-refractivity contribution in [2.24, 2.45) is 0 Å². The Morgan fingerprint density at radius 1 is 1.20 bits per heavy atom. The Balaban J connectivity index is 1.73. The fourth-order valence-electron chi connectivity index (χ4n) is 3.56. The first-order valence-electron chi connectivity index (χ1n) is 9.46. The van der Waals surface area contributed by atoms with Crippen molar-refractivity contribution in [3.05, 3.63) is 0 Å². The number of methoxy groups -OCH3 is 1. The number of hydrogen-bond acceptors (Lipinski definition) is 6. The second-order valence-corrected chi connectivity index (χ2v) is 7.55. The van der Waals surface area contributed by atoms with E-state index in [0.717, 1.165) is 45.2 Å². The monoisotopic (exact) mass is 356 g/mol. The predicted molar refractivity (Wildman–Crippen MR) is 99.2 cm³/mol. The third kappa shape index (κ3) is 7.45. The van der Waals surface area contributed by atoms with Gasteiger partial charge in [0.1, 0.15) is 6.29 Å². The van der Waals surface area contributed by atoms with Crippen LogP contribution < -0.4 is 26.6 Å². The zero-order valence-corrected chi connectivity index (χ0v) is 16.1. The van der Waals surface area contributed by atoms with Crippen molar-refractivity contribution in [2.45, 2.75) is 69.7 Å². The molecule has 2 fully saturated rings. The molecule has 5 N–H and O–H groups in total. The summed E-state index contributed by atoms with van der Waals surface area (Å²) < 4.78 is 5.43. The van der Waals surface area contributed by atoms with Gasteiger partial charge in [-0.2, -0.15) is 0 Å². The van der Waals surface area contributed by atoms with Gasteiger partial charge in [-0.05, 0) is 53.1 Å². The van der Waals surface area contributed by atoms with Gasteiger partial charge < -0.3 is 25.6 Å². The lowest BCUT2D eigenvalue weighted by Crippen LogP contribution is -2.68. The summed E-state index contributed by atoms with van der Waals surface area (Å²) in [6.07, 6.45) is 5.28. The first-order valence-corrected chi connectivity index (χ1v) is 9.46. The first kappa shape index (κ1) is 20.4. The summed E-state index contributed by atoms with van der Waals surface area (Å²) in [5, 5.41) is 16.4. The number of amides is 2. The highest BCUT2D eigenvalue weighted by Gasteiger charge is 2.27. The maximum Gasteiger partial charge on any atom is 0.317 e. The van der Waals surface area contributed by atoms with Gasteiger partial charge in [-0.25, -0.2) is 4.79 Å². The molecule has 0 aromatic heterocycles. The minimum Gasteiger partial charge on any atom is -0.381 e. The van der Waals surface area contributed by atoms with Gasteiger partial charge in [0, 0.05) is 32.3 Å². The van der Waals surface area contributed by atoms with Crippen LogP contribution in [-0.2, 0) is 4.74 Å². The van der Waals surface area contributed by atoms with Crippen LogP contribution in [-0.4, -0.2) is 75.9 Å². The number of hydrogen-bond donors (Lipinski definition) is 5. The van der Waals surface area contributed by atoms with Gasteiger partial charge in [0.05, 0.1) is 12.3 Å². The maximum atomic E-state index is 12.3. The van der Waals surface area contributed by atoms with Crippen molar-refractivity contribution in [2.75, 3.05) is 34.3 Å². The highest BCUT2D eigenvalue weighted by atomic mass is 16.5. The second kappa shape index (κ2) is 10.3. The van der Waals surface area contributed by atoms with Crippen LogP contribution in [0.2, 0.25) is 0 Å². The molecular formula is C17H36N6O2. The van der Waals surface area contributed by atoms with Crippen LogP contribution in [0.15, 0.2) is 0 Å². The smallest absolute Gasteiger partial charge is 0.317 e. The van der Waals surface area contributed by atoms with Crippen molar-refractivity contribution in [1.82, 2.24) is 31.5 Å². The molecule has 8 nitrogen and oxygen atoms in total. The average molecular weight is 357 g/mol. The van der Waals surface area contributed by atoms with Crippen LogP contribution in [0.25, 0.3) is 0 Å². The normalized spacial score (nSPS) is 33.2. The Hall–Kier alpha value is -0.930. The number of ether oxygens (including phenoxy) is 1. The minimum absolute atomic E-state index is 0.132. The third-order valence-electron chi connectivity index (χ3n) is 4.93. The highest BCUT2D eigenvalue weighted by molar-refractivity contribution is 5.74. The molecule has 1 aliphatic heterocycles. The van der Waals surface area contributed by atoms with Crippen LogP contribution in [0, 0.1) is 0 Å². The molecule has 0 radical (unpaired) electrons. The maximum absolute atomic E-state index is 12.3. The molecule has 5 unspecified atom stereocenters. The standard InChI is InChI=1S/C17H36N6O2/c1-12-10-15(18-8-9-23(2)3)21-16(19-12)22-17(24)20-13-6-5-7-14(11-13)25-4/h12-16,18-19,21H,5-11H2,1-4H3,(H2,20,22,24). The predicted octanol–water partition coefficient (Wildman–Crippen LogP) is -0.0245. The molecule has 2 amide bonds. The molecule has 1 aliphatic carbocycles. The molecule has 0 spiro atoms. The average Bonchev–Trinajstić information content (AvgIpc) is 2.54. The summed E-state index contributed by atoms with van der Waals surface area (Å²) in [4.78, 5) is 14.5. The molecule has 1 saturated carbocycles. The van der Waals surface area contributed by atoms with Gasteiger partial charge in [-0.3, -0.25) is 10.6 Å². The van der Waals surface area contributed by atoms with Crippen molar-refractivity contribution in [1.29, 1.82) is 0 Å². The number of likely N-dealkylation sites (N-methyl/N-ethyl adjacent to an activating group) is 1. The molecule has 5 atom stereocenters. The van der Waals surface area contributed by atoms with E-state index in [-0.39, 0.29) is 30.6 Å². The van der Waals surface area contributed by atoms with E-state index in [4.69, 9.17) is 4.74 Å². The van der Waals surface area contributed by atoms with E-state index in [1.165, 1.54) is 0 Å². The number of urea groups is 1. The lowest BCUT2D eigenvalue weighted by atomic mass is 9.93. The molecule has 0 aromatic rings. The molecular weight excluding hydrogens is 320 g/mol. The van der Waals surface area contributed by atoms with Crippen LogP contribution >= 0.6 is 0 Å². The van der Waals surface area contributed by atoms with Gasteiger partial charge in [0.25, 0.3) is 0 Å². The van der Waals surface area contributed by atoms with Gasteiger partial charge in [0.2, 0.25) is 0 Å². The zero-order chi connectivity index (χ0) is 18.2. The van der Waals surface area contributed by atoms with Gasteiger partial charge in [-0.15, -0.1) is 0 Å². The second-order valence-electron chi connectivity index (χ2n) is 7.55. The lowest BCUT2D eigenvalue weighted by Gasteiger charge is -2.37. The van der Waals surface area contributed by atoms with Crippen molar-refractivity contribution >= 4 is 6.03 Å². The Morgan fingerprint density at radius 3 is 2.72 bits per heavy atom. The summed E-state index contributed by atoms with van der Waals surface area (Å²) in [7, 11) is 5.87. The summed E-state index contributed by atoms with van der Waals surface area (Å²) in [5.41, 5.74) is 0. The van der Waals surface area contributed by atoms with Crippen LogP contribution in [0.3, 0.4) is 0 Å². The summed E-state index contributed by atoms with van der Waals surface area (Å²) in [5.74, 6) is 0. The quantitative estimate of drug-likeness (QED) is 0.440. The molecule has 8 heteroatoms. The van der Waals surface area contributed by atoms with Crippen molar-refractivity contribution in [3.8, 4) is 0 Å². The number of carbonyl (C=O) groups is 1. The van der Waals surface area contributed by atoms with E-state index in [1.54, 1.807) is 7.11 Å². The van der Waals surface area contributed by atoms with E-state index in [1.807, 2.05) is 0 Å². The first-order chi connectivity index (χ1) is 12.0. The summed E-state index contributed by atoms with van der Waals surface area (Å²) in [6, 6.07) is 0.387. The Kier molecular flexibility index (Phi) is 8.38. The molecule has 1 saturated heterocycles. The topological polar surface area (TPSA) is 89.7 Å². The van der Waals surface area contributed by atoms with Crippen LogP contribution in [0.5, 0.6) is 0 Å². The minimum atomic E-state index is -0.234. The Morgan fingerprint density at radius 2 is 2.00 bits per heavy atom. The van der Waals surface area contributed by atoms with E-state index < -0.39 is 0 Å². The highest BCUT2D eigenvalue weighted by Crippen LogP contribution is 2.20. The largest absolute Gasteiger partial charge is 0.381 e. The van der Waals surface area contributed by atoms with Crippen LogP contribution in [0.4, 0.5) is 4.79 Å². The molecule has 0 aromatic carbocycles. The van der Waals surface area contributed by atoms with Gasteiger partial charge in [0.15, 0.2) is 0 Å². The van der Waals surface area contributed by atoms with E-state index in [0.29, 0.717) is 6.04 Å². The fraction of sp³-hybridized carbons (Fsp3) is 0.941. The Bertz CT molecular complexity index is 409. The number of nitrogens with one attached hydrogen (secondary N) is 5. The zero-order valence-electron chi connectivity index (χ0n) is 16.1. The lowest BCUT2D eigenvalue weighted by molar-refractivity contribution is 0.0601. The molecule has 2 rings (SSSR count). The van der Waals surface area contributed by atoms with Gasteiger partial charge in [-0.1, -0.05) is 0 Å². The summed E-state index contributed by atoms with van der Waals surface area (Å²) >= 11 is 0. The molecule has 25 heavy (non-hydrogen) atoms. The SMILES string of the molecule is COC1CCCC(NC(=O)NC2NC(C)CC(NCCN(C)C)N2)C1. The third-order valence-corrected chi connectivity index (χ3v) is 4.93. The Labute approximate surface area is 151 Å². The molecule has 146 valence electrons. The fourth-order valence-corrected chi connectivity index (χ4v) is 3.56. The number of carbonyl (C=O) groups excluding carboxylic acids is 1. The molecule has 2 aliphatic rings. The number of nitrogens with zero attached hydrogens (tertiary/aromatic N) is 1. The van der Waals surface area contributed by atoms with Crippen molar-refractivity contribution in [3.63, 3.8) is 0 Å². The molecule has 1 heterocycles. The van der Waals surface area contributed by atoms with Crippen LogP contribution in [0.1, 0.15) is 39.0 Å². The van der Waals surface area contributed by atoms with Crippen molar-refractivity contribution < 1.29 is 9.53 Å². The summed E-state index contributed by atoms with van der Waals surface area (Å²) in [6.45, 7) is 4.04. The van der Waals surface area contributed by atoms with E-state index >= 15 is 0 Å². The molecule has 0 bridgehead atoms. The number of rotatable bonds is 7. The van der Waals surface area contributed by atoms with E-state index in [9.17, 15) is 4.79 Å². The van der Waals surface area contributed by atoms with E-state index in [2.05, 4.69) is 52.5 Å². The van der Waals surface area contributed by atoms with Gasteiger partial charge >= 0.3 is 6.03 Å².